The summed E-state index contributed by atoms with van der Waals surface area (Å²) in [7, 11) is 0. The summed E-state index contributed by atoms with van der Waals surface area (Å²) in [5.74, 6) is 0.618. The highest BCUT2D eigenvalue weighted by atomic mass is 16.7. The predicted molar refractivity (Wildman–Crippen MR) is 119 cm³/mol. The van der Waals surface area contributed by atoms with Gasteiger partial charge in [0, 0.05) is 5.56 Å². The van der Waals surface area contributed by atoms with Crippen molar-refractivity contribution < 1.29 is 24.1 Å². The van der Waals surface area contributed by atoms with Crippen molar-refractivity contribution in [2.75, 3.05) is 13.2 Å². The fourth-order valence-corrected chi connectivity index (χ4v) is 4.40. The van der Waals surface area contributed by atoms with Crippen molar-refractivity contribution in [2.24, 2.45) is 11.8 Å². The summed E-state index contributed by atoms with van der Waals surface area (Å²) in [4.78, 5) is 13.0. The van der Waals surface area contributed by atoms with Gasteiger partial charge >= 0.3 is 0 Å². The average molecular weight is 425 g/mol. The van der Waals surface area contributed by atoms with Crippen LogP contribution in [0.5, 0.6) is 17.2 Å². The molecular formula is C26H32O5. The number of ketones is 1. The third kappa shape index (κ3) is 4.87. The van der Waals surface area contributed by atoms with Crippen molar-refractivity contribution in [2.45, 2.75) is 58.2 Å². The Labute approximate surface area is 184 Å². The molecule has 2 aliphatic rings. The summed E-state index contributed by atoms with van der Waals surface area (Å²) in [5.41, 5.74) is 1.01. The van der Waals surface area contributed by atoms with Crippen LogP contribution in [0.25, 0.3) is 0 Å². The first-order chi connectivity index (χ1) is 15.0. The van der Waals surface area contributed by atoms with Gasteiger partial charge in [-0.1, -0.05) is 39.2 Å². The highest BCUT2D eigenvalue weighted by Gasteiger charge is 2.45. The maximum Gasteiger partial charge on any atom is 0.244 e. The van der Waals surface area contributed by atoms with Crippen LogP contribution in [-0.2, 0) is 10.5 Å². The average Bonchev–Trinajstić information content (AvgIpc) is 2.77. The second-order valence-electron chi connectivity index (χ2n) is 9.15. The van der Waals surface area contributed by atoms with Crippen LogP contribution in [0, 0.1) is 11.8 Å². The molecule has 166 valence electrons. The number of rotatable bonds is 7. The molecule has 1 aliphatic heterocycles. The summed E-state index contributed by atoms with van der Waals surface area (Å²) in [6.45, 7) is 5.41. The Hall–Kier alpha value is -2.53. The minimum Gasteiger partial charge on any atom is -0.507 e. The zero-order chi connectivity index (χ0) is 21.8. The molecule has 0 amide bonds. The molecule has 0 aromatic heterocycles. The zero-order valence-corrected chi connectivity index (χ0v) is 18.4. The smallest absolute Gasteiger partial charge is 0.244 e. The Kier molecular flexibility index (Phi) is 6.51. The highest BCUT2D eigenvalue weighted by molar-refractivity contribution is 6.02. The van der Waals surface area contributed by atoms with Crippen molar-refractivity contribution >= 4 is 5.78 Å². The lowest BCUT2D eigenvalue weighted by Crippen LogP contribution is -2.43. The van der Waals surface area contributed by atoms with Gasteiger partial charge in [-0.25, -0.2) is 0 Å². The predicted octanol–water partition coefficient (Wildman–Crippen LogP) is 5.84. The number of phenols is 1. The fraction of sp³-hybridized carbons (Fsp3) is 0.500. The van der Waals surface area contributed by atoms with Gasteiger partial charge in [0.05, 0.1) is 19.6 Å². The number of ether oxygens (including phenoxy) is 3. The molecule has 1 heterocycles. The quantitative estimate of drug-likeness (QED) is 0.605. The molecule has 0 radical (unpaired) electrons. The van der Waals surface area contributed by atoms with Gasteiger partial charge in [0.1, 0.15) is 22.8 Å². The van der Waals surface area contributed by atoms with Gasteiger partial charge in [0.15, 0.2) is 5.78 Å². The van der Waals surface area contributed by atoms with E-state index in [1.165, 1.54) is 25.3 Å². The molecule has 5 heteroatoms. The Bertz CT molecular complexity index is 899. The van der Waals surface area contributed by atoms with Gasteiger partial charge in [-0.3, -0.25) is 4.79 Å². The number of fused-ring (bicyclic) bond motifs is 1. The van der Waals surface area contributed by atoms with E-state index in [1.807, 2.05) is 24.3 Å². The van der Waals surface area contributed by atoms with Gasteiger partial charge in [0.25, 0.3) is 0 Å². The lowest BCUT2D eigenvalue weighted by Gasteiger charge is -2.39. The first-order valence-electron chi connectivity index (χ1n) is 11.4. The van der Waals surface area contributed by atoms with Crippen molar-refractivity contribution in [1.82, 2.24) is 0 Å². The minimum absolute atomic E-state index is 0.0243. The van der Waals surface area contributed by atoms with E-state index < -0.39 is 5.79 Å². The Morgan fingerprint density at radius 3 is 2.55 bits per heavy atom. The molecule has 2 aromatic rings. The Morgan fingerprint density at radius 1 is 1.10 bits per heavy atom. The third-order valence-corrected chi connectivity index (χ3v) is 6.11. The molecule has 1 atom stereocenters. The number of hydrogen-bond acceptors (Lipinski definition) is 5. The van der Waals surface area contributed by atoms with Crippen LogP contribution < -0.4 is 9.47 Å². The molecule has 0 saturated heterocycles. The summed E-state index contributed by atoms with van der Waals surface area (Å²) < 4.78 is 18.6. The van der Waals surface area contributed by atoms with E-state index in [0.29, 0.717) is 30.8 Å². The van der Waals surface area contributed by atoms with E-state index >= 15 is 0 Å². The number of phenolic OH excluding ortho intramolecular Hbond substituents is 1. The number of hydrogen-bond donors (Lipinski definition) is 1. The van der Waals surface area contributed by atoms with Gasteiger partial charge in [0.2, 0.25) is 5.79 Å². The molecule has 1 N–H and O–H groups in total. The summed E-state index contributed by atoms with van der Waals surface area (Å²) in [5, 5.41) is 10.2. The van der Waals surface area contributed by atoms with E-state index in [0.717, 1.165) is 24.2 Å². The van der Waals surface area contributed by atoms with Crippen molar-refractivity contribution in [3.63, 3.8) is 0 Å². The second kappa shape index (κ2) is 9.31. The largest absolute Gasteiger partial charge is 0.507 e. The van der Waals surface area contributed by atoms with Crippen LogP contribution in [0.1, 0.15) is 68.3 Å². The molecule has 1 aliphatic carbocycles. The number of Topliss-reactive ketones (excluding diaryl/α,β-unsaturated/α-hetero) is 1. The van der Waals surface area contributed by atoms with Crippen molar-refractivity contribution in [1.29, 1.82) is 0 Å². The van der Waals surface area contributed by atoms with E-state index in [-0.39, 0.29) is 23.5 Å². The van der Waals surface area contributed by atoms with E-state index in [4.69, 9.17) is 14.2 Å². The summed E-state index contributed by atoms with van der Waals surface area (Å²) >= 11 is 0. The molecule has 1 fully saturated rings. The third-order valence-electron chi connectivity index (χ3n) is 6.11. The molecule has 0 spiro atoms. The van der Waals surface area contributed by atoms with Crippen LogP contribution >= 0.6 is 0 Å². The standard InChI is InChI=1S/C26H32O5/c1-18(2)16-29-21-13-11-20(12-14-21)26(30-17-19-7-4-3-5-8-19)15-23(28)25-22(27)9-6-10-24(25)31-26/h6,9-14,18-19,27H,3-5,7-8,15-17H2,1-2H3. The lowest BCUT2D eigenvalue weighted by atomic mass is 9.89. The maximum atomic E-state index is 13.0. The number of carbonyl (C=O) groups is 1. The first-order valence-corrected chi connectivity index (χ1v) is 11.4. The first kappa shape index (κ1) is 21.7. The van der Waals surface area contributed by atoms with Crippen LogP contribution in [0.2, 0.25) is 0 Å². The normalized spacial score (nSPS) is 21.6. The number of benzene rings is 2. The van der Waals surface area contributed by atoms with Crippen LogP contribution in [-0.4, -0.2) is 24.1 Å². The molecule has 31 heavy (non-hydrogen) atoms. The highest BCUT2D eigenvalue weighted by Crippen LogP contribution is 2.44. The molecule has 0 bridgehead atoms. The Balaban J connectivity index is 1.62. The molecule has 1 unspecified atom stereocenters. The monoisotopic (exact) mass is 424 g/mol. The van der Waals surface area contributed by atoms with Gasteiger partial charge in [-0.05, 0) is 61.1 Å². The Morgan fingerprint density at radius 2 is 1.84 bits per heavy atom. The van der Waals surface area contributed by atoms with Crippen molar-refractivity contribution in [3.05, 3.63) is 53.6 Å². The molecular weight excluding hydrogens is 392 g/mol. The summed E-state index contributed by atoms with van der Waals surface area (Å²) in [6, 6.07) is 12.5. The van der Waals surface area contributed by atoms with Crippen LogP contribution in [0.15, 0.2) is 42.5 Å². The molecule has 2 aromatic carbocycles. The maximum absolute atomic E-state index is 13.0. The lowest BCUT2D eigenvalue weighted by molar-refractivity contribution is -0.201. The van der Waals surface area contributed by atoms with Gasteiger partial charge in [-0.15, -0.1) is 0 Å². The van der Waals surface area contributed by atoms with E-state index in [1.54, 1.807) is 12.1 Å². The van der Waals surface area contributed by atoms with Crippen molar-refractivity contribution in [3.8, 4) is 17.2 Å². The zero-order valence-electron chi connectivity index (χ0n) is 18.4. The van der Waals surface area contributed by atoms with Crippen LogP contribution in [0.3, 0.4) is 0 Å². The van der Waals surface area contributed by atoms with Crippen LogP contribution in [0.4, 0.5) is 0 Å². The number of carbonyl (C=O) groups excluding carboxylic acids is 1. The minimum atomic E-state index is -1.20. The second-order valence-corrected chi connectivity index (χ2v) is 9.15. The number of aromatic hydroxyl groups is 1. The van der Waals surface area contributed by atoms with E-state index in [9.17, 15) is 9.90 Å². The fourth-order valence-electron chi connectivity index (χ4n) is 4.40. The van der Waals surface area contributed by atoms with Gasteiger partial charge in [-0.2, -0.15) is 0 Å². The SMILES string of the molecule is CC(C)COc1ccc(C2(OCC3CCCCC3)CC(=O)c3c(O)cccc3O2)cc1. The molecule has 1 saturated carbocycles. The summed E-state index contributed by atoms with van der Waals surface area (Å²) in [6.07, 6.45) is 6.03. The topological polar surface area (TPSA) is 65.0 Å². The van der Waals surface area contributed by atoms with E-state index in [2.05, 4.69) is 13.8 Å². The van der Waals surface area contributed by atoms with Gasteiger partial charge < -0.3 is 19.3 Å². The molecule has 5 nitrogen and oxygen atoms in total. The molecule has 4 rings (SSSR count).